The summed E-state index contributed by atoms with van der Waals surface area (Å²) >= 11 is 0. The first-order valence-corrected chi connectivity index (χ1v) is 11.9. The standard InChI is InChI=1S/C30H24N2O4/c33-29-25-17-9-7-15-23(25)27(35-29)31(21-11-3-1-4-12-21)19-20-32(22-13-5-2-6-14-22)28-24-16-8-10-18-26(24)30(34)36-28/h1-18,27-28H,19-20H2. The van der Waals surface area contributed by atoms with Crippen LogP contribution in [-0.2, 0) is 9.47 Å². The fourth-order valence-electron chi connectivity index (χ4n) is 4.93. The molecular formula is C30H24N2O4. The number of cyclic esters (lactones) is 2. The molecule has 2 atom stereocenters. The van der Waals surface area contributed by atoms with Crippen molar-refractivity contribution in [2.45, 2.75) is 12.5 Å². The summed E-state index contributed by atoms with van der Waals surface area (Å²) in [5.74, 6) is -0.648. The predicted molar refractivity (Wildman–Crippen MR) is 137 cm³/mol. The van der Waals surface area contributed by atoms with Crippen LogP contribution in [0.3, 0.4) is 0 Å². The van der Waals surface area contributed by atoms with Crippen LogP contribution < -0.4 is 9.80 Å². The van der Waals surface area contributed by atoms with Crippen molar-refractivity contribution in [1.82, 2.24) is 0 Å². The lowest BCUT2D eigenvalue weighted by Gasteiger charge is -2.35. The minimum atomic E-state index is -0.549. The van der Waals surface area contributed by atoms with Crippen molar-refractivity contribution in [2.24, 2.45) is 0 Å². The summed E-state index contributed by atoms with van der Waals surface area (Å²) in [6.07, 6.45) is -1.10. The number of benzene rings is 4. The molecule has 4 aromatic rings. The molecule has 0 amide bonds. The van der Waals surface area contributed by atoms with Crippen LogP contribution in [0.1, 0.15) is 44.3 Å². The van der Waals surface area contributed by atoms with Crippen LogP contribution >= 0.6 is 0 Å². The van der Waals surface area contributed by atoms with E-state index in [2.05, 4.69) is 9.80 Å². The minimum Gasteiger partial charge on any atom is -0.434 e. The molecular weight excluding hydrogens is 452 g/mol. The Balaban J connectivity index is 1.36. The van der Waals surface area contributed by atoms with Crippen LogP contribution in [0.4, 0.5) is 11.4 Å². The molecule has 0 fully saturated rings. The SMILES string of the molecule is O=C1OC(N(CCN(c2ccccc2)C2OC(=O)c3ccccc32)c2ccccc2)c2ccccc21. The molecule has 0 radical (unpaired) electrons. The molecule has 2 aliphatic rings. The molecule has 0 saturated carbocycles. The van der Waals surface area contributed by atoms with Gasteiger partial charge in [0.2, 0.25) is 12.5 Å². The molecule has 2 heterocycles. The minimum absolute atomic E-state index is 0.324. The zero-order valence-corrected chi connectivity index (χ0v) is 19.5. The van der Waals surface area contributed by atoms with E-state index in [1.54, 1.807) is 12.1 Å². The van der Waals surface area contributed by atoms with Crippen LogP contribution in [-0.4, -0.2) is 25.0 Å². The second-order valence-corrected chi connectivity index (χ2v) is 8.75. The van der Waals surface area contributed by atoms with Gasteiger partial charge in [0.05, 0.1) is 11.1 Å². The lowest BCUT2D eigenvalue weighted by Crippen LogP contribution is -2.39. The van der Waals surface area contributed by atoms with Gasteiger partial charge in [0.1, 0.15) is 0 Å². The first kappa shape index (κ1) is 21.9. The maximum Gasteiger partial charge on any atom is 0.340 e. The van der Waals surface area contributed by atoms with Crippen LogP contribution in [0.15, 0.2) is 109 Å². The van der Waals surface area contributed by atoms with Crippen LogP contribution in [0.2, 0.25) is 0 Å². The van der Waals surface area contributed by atoms with Gasteiger partial charge in [0, 0.05) is 35.6 Å². The van der Waals surface area contributed by atoms with E-state index in [0.29, 0.717) is 24.2 Å². The number of anilines is 2. The Hall–Kier alpha value is -4.58. The van der Waals surface area contributed by atoms with Gasteiger partial charge in [-0.3, -0.25) is 0 Å². The van der Waals surface area contributed by atoms with E-state index in [0.717, 1.165) is 22.5 Å². The smallest absolute Gasteiger partial charge is 0.340 e. The van der Waals surface area contributed by atoms with Crippen molar-refractivity contribution in [1.29, 1.82) is 0 Å². The molecule has 0 bridgehead atoms. The molecule has 0 spiro atoms. The second kappa shape index (κ2) is 9.23. The quantitative estimate of drug-likeness (QED) is 0.317. The van der Waals surface area contributed by atoms with E-state index in [9.17, 15) is 9.59 Å². The Labute approximate surface area is 209 Å². The summed E-state index contributed by atoms with van der Waals surface area (Å²) in [6, 6.07) is 34.8. The topological polar surface area (TPSA) is 59.1 Å². The van der Waals surface area contributed by atoms with Crippen molar-refractivity contribution < 1.29 is 19.1 Å². The molecule has 2 unspecified atom stereocenters. The van der Waals surface area contributed by atoms with Gasteiger partial charge in [-0.2, -0.15) is 0 Å². The highest BCUT2D eigenvalue weighted by Crippen LogP contribution is 2.38. The number of ether oxygens (including phenoxy) is 2. The number of para-hydroxylation sites is 2. The number of nitrogens with zero attached hydrogens (tertiary/aromatic N) is 2. The molecule has 2 aliphatic heterocycles. The van der Waals surface area contributed by atoms with Gasteiger partial charge in [-0.05, 0) is 36.4 Å². The Kier molecular flexibility index (Phi) is 5.62. The molecule has 6 nitrogen and oxygen atoms in total. The molecule has 6 rings (SSSR count). The zero-order chi connectivity index (χ0) is 24.5. The van der Waals surface area contributed by atoms with Crippen molar-refractivity contribution in [3.63, 3.8) is 0 Å². The highest BCUT2D eigenvalue weighted by atomic mass is 16.6. The van der Waals surface area contributed by atoms with E-state index in [-0.39, 0.29) is 11.9 Å². The third-order valence-corrected chi connectivity index (χ3v) is 6.65. The summed E-state index contributed by atoms with van der Waals surface area (Å²) < 4.78 is 11.7. The van der Waals surface area contributed by atoms with Gasteiger partial charge in [-0.1, -0.05) is 72.8 Å². The van der Waals surface area contributed by atoms with Crippen LogP contribution in [0.25, 0.3) is 0 Å². The fraction of sp³-hybridized carbons (Fsp3) is 0.133. The molecule has 178 valence electrons. The first-order chi connectivity index (χ1) is 17.7. The summed E-state index contributed by atoms with van der Waals surface area (Å²) in [4.78, 5) is 29.4. The number of esters is 2. The van der Waals surface area contributed by atoms with E-state index < -0.39 is 12.5 Å². The van der Waals surface area contributed by atoms with Gasteiger partial charge >= 0.3 is 11.9 Å². The molecule has 0 aliphatic carbocycles. The summed E-state index contributed by atoms with van der Waals surface area (Å²) in [6.45, 7) is 1.03. The van der Waals surface area contributed by atoms with Gasteiger partial charge in [0.25, 0.3) is 0 Å². The lowest BCUT2D eigenvalue weighted by molar-refractivity contribution is 0.0348. The van der Waals surface area contributed by atoms with Gasteiger partial charge in [0.15, 0.2) is 0 Å². The maximum absolute atomic E-state index is 12.6. The van der Waals surface area contributed by atoms with E-state index in [1.165, 1.54) is 0 Å². The van der Waals surface area contributed by atoms with Gasteiger partial charge in [-0.15, -0.1) is 0 Å². The van der Waals surface area contributed by atoms with Crippen LogP contribution in [0, 0.1) is 0 Å². The van der Waals surface area contributed by atoms with Crippen molar-refractivity contribution in [3.8, 4) is 0 Å². The number of carbonyl (C=O) groups is 2. The summed E-state index contributed by atoms with van der Waals surface area (Å²) in [7, 11) is 0. The Morgan fingerprint density at radius 3 is 1.28 bits per heavy atom. The predicted octanol–water partition coefficient (Wildman–Crippen LogP) is 5.74. The number of hydrogen-bond donors (Lipinski definition) is 0. The van der Waals surface area contributed by atoms with Crippen molar-refractivity contribution in [3.05, 3.63) is 131 Å². The van der Waals surface area contributed by atoms with E-state index >= 15 is 0 Å². The van der Waals surface area contributed by atoms with E-state index in [4.69, 9.17) is 9.47 Å². The Bertz CT molecular complexity index is 1300. The largest absolute Gasteiger partial charge is 0.434 e. The molecule has 0 saturated heterocycles. The average Bonchev–Trinajstić information content (AvgIpc) is 3.44. The monoisotopic (exact) mass is 476 g/mol. The third-order valence-electron chi connectivity index (χ3n) is 6.65. The Morgan fingerprint density at radius 1 is 0.500 bits per heavy atom. The second-order valence-electron chi connectivity index (χ2n) is 8.75. The Morgan fingerprint density at radius 2 is 0.861 bits per heavy atom. The normalized spacial score (nSPS) is 17.7. The number of carbonyl (C=O) groups excluding carboxylic acids is 2. The molecule has 6 heteroatoms. The maximum atomic E-state index is 12.6. The van der Waals surface area contributed by atoms with Gasteiger partial charge in [-0.25, -0.2) is 9.59 Å². The number of rotatable bonds is 7. The molecule has 0 N–H and O–H groups in total. The highest BCUT2D eigenvalue weighted by Gasteiger charge is 2.38. The van der Waals surface area contributed by atoms with Crippen molar-refractivity contribution in [2.75, 3.05) is 22.9 Å². The average molecular weight is 477 g/mol. The van der Waals surface area contributed by atoms with Gasteiger partial charge < -0.3 is 19.3 Å². The summed E-state index contributed by atoms with van der Waals surface area (Å²) in [5.41, 5.74) is 4.72. The fourth-order valence-corrected chi connectivity index (χ4v) is 4.93. The number of hydrogen-bond acceptors (Lipinski definition) is 6. The zero-order valence-electron chi connectivity index (χ0n) is 19.5. The van der Waals surface area contributed by atoms with Crippen LogP contribution in [0.5, 0.6) is 0 Å². The van der Waals surface area contributed by atoms with E-state index in [1.807, 2.05) is 97.1 Å². The molecule has 0 aromatic heterocycles. The highest BCUT2D eigenvalue weighted by molar-refractivity contribution is 5.95. The van der Waals surface area contributed by atoms with Crippen molar-refractivity contribution >= 4 is 23.3 Å². The third kappa shape index (κ3) is 3.86. The molecule has 4 aromatic carbocycles. The lowest BCUT2D eigenvalue weighted by atomic mass is 10.1. The molecule has 36 heavy (non-hydrogen) atoms. The number of fused-ring (bicyclic) bond motifs is 2. The summed E-state index contributed by atoms with van der Waals surface area (Å²) in [5, 5.41) is 0. The first-order valence-electron chi connectivity index (χ1n) is 11.9.